The molecule has 85 heavy (non-hydrogen) atoms. The third kappa shape index (κ3) is 9.54. The molecule has 0 aliphatic heterocycles. The minimum absolute atomic E-state index is 0. The molecule has 0 saturated heterocycles. The van der Waals surface area contributed by atoms with Gasteiger partial charge >= 0.3 is 21.1 Å². The predicted octanol–water partition coefficient (Wildman–Crippen LogP) is 21.1. The monoisotopic (exact) mass is 1290 g/mol. The summed E-state index contributed by atoms with van der Waals surface area (Å²) in [6.45, 7) is 22.5. The zero-order valence-electron chi connectivity index (χ0n) is 49.6. The van der Waals surface area contributed by atoms with Gasteiger partial charge in [0.1, 0.15) is 5.58 Å². The van der Waals surface area contributed by atoms with Gasteiger partial charge in [0.25, 0.3) is 0 Å². The van der Waals surface area contributed by atoms with Crippen molar-refractivity contribution in [2.45, 2.75) is 92.9 Å². The van der Waals surface area contributed by atoms with Crippen LogP contribution < -0.4 is 4.74 Å². The number of imidazole rings is 2. The molecule has 14 aromatic rings. The zero-order valence-corrected chi connectivity index (χ0v) is 51.8. The van der Waals surface area contributed by atoms with Crippen LogP contribution in [-0.4, -0.2) is 24.1 Å². The molecule has 420 valence electrons. The molecule has 4 heterocycles. The van der Waals surface area contributed by atoms with E-state index in [0.29, 0.717) is 28.5 Å². The summed E-state index contributed by atoms with van der Waals surface area (Å²) in [6.07, 6.45) is 0. The second-order valence-corrected chi connectivity index (χ2v) is 23.8. The number of ether oxygens (including phenoxy) is 1. The minimum atomic E-state index is 0. The number of hydrogen-bond donors (Lipinski definition) is 0. The molecular formula is C77H65N5O2Pt. The normalized spacial score (nSPS) is 12.0. The molecule has 0 fully saturated rings. The number of nitrogens with zero attached hydrogens (tertiary/aromatic N) is 5. The van der Waals surface area contributed by atoms with Crippen LogP contribution in [0.15, 0.2) is 192 Å². The number of aromatic nitrogens is 5. The number of hydrogen-bond acceptors (Lipinski definition) is 5. The summed E-state index contributed by atoms with van der Waals surface area (Å²) in [7, 11) is 0. The number of aryl methyl sites for hydroxylation is 2. The Balaban J connectivity index is 0.00000672. The van der Waals surface area contributed by atoms with Gasteiger partial charge in [0.2, 0.25) is 0 Å². The van der Waals surface area contributed by atoms with Crippen molar-refractivity contribution in [3.8, 4) is 67.9 Å². The molecule has 0 unspecified atom stereocenters. The molecule has 0 radical (unpaired) electrons. The van der Waals surface area contributed by atoms with Crippen molar-refractivity contribution >= 4 is 65.6 Å². The van der Waals surface area contributed by atoms with Crippen molar-refractivity contribution in [3.05, 3.63) is 234 Å². The fourth-order valence-corrected chi connectivity index (χ4v) is 12.9. The van der Waals surface area contributed by atoms with Crippen LogP contribution in [0.25, 0.3) is 122 Å². The molecule has 7 nitrogen and oxygen atoms in total. The van der Waals surface area contributed by atoms with Gasteiger partial charge in [-0.15, -0.1) is 23.8 Å². The van der Waals surface area contributed by atoms with Crippen molar-refractivity contribution < 1.29 is 30.2 Å². The van der Waals surface area contributed by atoms with Gasteiger partial charge in [0.05, 0.1) is 39.3 Å². The summed E-state index contributed by atoms with van der Waals surface area (Å²) in [4.78, 5) is 16.1. The van der Waals surface area contributed by atoms with Gasteiger partial charge in [-0.2, -0.15) is 0 Å². The zero-order chi connectivity index (χ0) is 57.7. The van der Waals surface area contributed by atoms with Crippen molar-refractivity contribution in [1.82, 2.24) is 24.1 Å². The summed E-state index contributed by atoms with van der Waals surface area (Å²) >= 11 is 0. The van der Waals surface area contributed by atoms with E-state index in [2.05, 4.69) is 266 Å². The number of benzene rings is 10. The standard InChI is InChI=1S/C77H65N5O2.Pt/c1-44(2)59-38-55(50-22-13-11-14-23-50)39-60(45(3)4)73(59)81-67-30-19-17-28-65(67)79-76(81)54-26-21-27-57(37-54)83-58-42-63-72-69(35-34-52-32-33-53-36-48(9)78-49(10)70(53)71(52)72)84-75(63)64(43-58)77-80-66-29-18-20-31-68(66)82(77)74-61(46(5)6)40-56(41-62(74)47(7)8)51-24-15-12-16-25-51;/h11-36,38-42,44-47H,1-10H3;/q-2;+2. The predicted molar refractivity (Wildman–Crippen MR) is 348 cm³/mol. The number of para-hydroxylation sites is 4. The van der Waals surface area contributed by atoms with E-state index in [9.17, 15) is 0 Å². The number of fused-ring (bicyclic) bond motifs is 9. The van der Waals surface area contributed by atoms with E-state index < -0.39 is 0 Å². The molecule has 0 amide bonds. The topological polar surface area (TPSA) is 70.9 Å². The molecule has 0 bridgehead atoms. The van der Waals surface area contributed by atoms with Crippen LogP contribution in [0.2, 0.25) is 0 Å². The molecule has 0 aliphatic rings. The van der Waals surface area contributed by atoms with Gasteiger partial charge in [-0.1, -0.05) is 188 Å². The summed E-state index contributed by atoms with van der Waals surface area (Å²) in [5.74, 6) is 3.26. The second-order valence-electron chi connectivity index (χ2n) is 23.8. The first kappa shape index (κ1) is 55.3. The molecule has 0 aliphatic carbocycles. The Hall–Kier alpha value is -8.90. The molecule has 0 saturated carbocycles. The quantitative estimate of drug-likeness (QED) is 0.0900. The first-order valence-electron chi connectivity index (χ1n) is 29.5. The molecule has 8 heteroatoms. The smallest absolute Gasteiger partial charge is 0.501 e. The largest absolute Gasteiger partial charge is 2.00 e. The Labute approximate surface area is 511 Å². The first-order valence-corrected chi connectivity index (χ1v) is 29.5. The third-order valence-electron chi connectivity index (χ3n) is 16.8. The van der Waals surface area contributed by atoms with Gasteiger partial charge in [0.15, 0.2) is 0 Å². The van der Waals surface area contributed by atoms with E-state index in [4.69, 9.17) is 24.1 Å². The first-order chi connectivity index (χ1) is 40.8. The van der Waals surface area contributed by atoms with Crippen molar-refractivity contribution in [2.24, 2.45) is 0 Å². The fraction of sp³-hybridized carbons (Fsp3) is 0.182. The third-order valence-corrected chi connectivity index (χ3v) is 16.8. The van der Waals surface area contributed by atoms with Crippen molar-refractivity contribution in [3.63, 3.8) is 0 Å². The maximum Gasteiger partial charge on any atom is 2.00 e. The summed E-state index contributed by atoms with van der Waals surface area (Å²) < 4.78 is 19.2. The van der Waals surface area contributed by atoms with E-state index in [0.717, 1.165) is 94.1 Å². The SMILES string of the molecule is Cc1cc2ccc3ccc4oc5c(-c6nc7ccccc7n6-c6c(C(C)C)cc(-c7ccccc7)cc6C(C)C)[c-]c(Oc6[c-]c(-c7nc8ccccc8n7-c7c(C(C)C)cc(-c8ccccc8)cc7C(C)C)ccc6)cc5c4c3c2c(C)n1.[Pt+2]. The van der Waals surface area contributed by atoms with Gasteiger partial charge in [-0.25, -0.2) is 0 Å². The minimum Gasteiger partial charge on any atom is -0.501 e. The van der Waals surface area contributed by atoms with Crippen molar-refractivity contribution in [2.75, 3.05) is 0 Å². The van der Waals surface area contributed by atoms with Gasteiger partial charge in [-0.3, -0.25) is 15.0 Å². The van der Waals surface area contributed by atoms with E-state index in [1.165, 1.54) is 44.5 Å². The maximum absolute atomic E-state index is 7.25. The molecule has 0 spiro atoms. The van der Waals surface area contributed by atoms with Crippen LogP contribution >= 0.6 is 0 Å². The number of rotatable bonds is 12. The molecule has 10 aromatic carbocycles. The van der Waals surface area contributed by atoms with Gasteiger partial charge in [0, 0.05) is 50.4 Å². The molecule has 4 aromatic heterocycles. The Morgan fingerprint density at radius 2 is 0.941 bits per heavy atom. The van der Waals surface area contributed by atoms with Crippen LogP contribution in [0, 0.1) is 26.0 Å². The van der Waals surface area contributed by atoms with E-state index in [1.807, 2.05) is 12.1 Å². The van der Waals surface area contributed by atoms with Crippen LogP contribution in [0.1, 0.15) is 113 Å². The molecule has 14 rings (SSSR count). The van der Waals surface area contributed by atoms with Crippen LogP contribution in [0.3, 0.4) is 0 Å². The van der Waals surface area contributed by atoms with Gasteiger partial charge < -0.3 is 18.3 Å². The molecule has 0 atom stereocenters. The Morgan fingerprint density at radius 1 is 0.435 bits per heavy atom. The second kappa shape index (κ2) is 21.9. The summed E-state index contributed by atoms with van der Waals surface area (Å²) in [6, 6.07) is 74.4. The molecule has 0 N–H and O–H groups in total. The molecular weight excluding hydrogens is 1220 g/mol. The maximum atomic E-state index is 7.25. The summed E-state index contributed by atoms with van der Waals surface area (Å²) in [5, 5.41) is 6.26. The van der Waals surface area contributed by atoms with Gasteiger partial charge in [-0.05, 0) is 153 Å². The van der Waals surface area contributed by atoms with E-state index in [-0.39, 0.29) is 44.7 Å². The Kier molecular flexibility index (Phi) is 14.3. The number of pyridine rings is 1. The van der Waals surface area contributed by atoms with Crippen molar-refractivity contribution in [1.29, 1.82) is 0 Å². The van der Waals surface area contributed by atoms with E-state index in [1.54, 1.807) is 0 Å². The van der Waals surface area contributed by atoms with E-state index >= 15 is 0 Å². The average molecular weight is 1290 g/mol. The van der Waals surface area contributed by atoms with Crippen LogP contribution in [-0.2, 0) is 21.1 Å². The summed E-state index contributed by atoms with van der Waals surface area (Å²) in [5.41, 5.74) is 20.6. The number of furan rings is 1. The fourth-order valence-electron chi connectivity index (χ4n) is 12.9. The average Bonchev–Trinajstić information content (AvgIpc) is 2.50. The Bertz CT molecular complexity index is 4850. The van der Waals surface area contributed by atoms with Crippen LogP contribution in [0.5, 0.6) is 11.5 Å². The Morgan fingerprint density at radius 3 is 1.51 bits per heavy atom. The van der Waals surface area contributed by atoms with Crippen LogP contribution in [0.4, 0.5) is 0 Å².